The van der Waals surface area contributed by atoms with Crippen molar-refractivity contribution in [2.24, 2.45) is 0 Å². The maximum Gasteiger partial charge on any atom is 0.151 e. The third-order valence-corrected chi connectivity index (χ3v) is 1.57. The van der Waals surface area contributed by atoms with Gasteiger partial charge in [-0.3, -0.25) is 0 Å². The van der Waals surface area contributed by atoms with Crippen LogP contribution >= 0.6 is 0 Å². The zero-order valence-electron chi connectivity index (χ0n) is 7.45. The number of unbranched alkanes of at least 4 members (excludes halogenated alkanes) is 2. The minimum absolute atomic E-state index is 0.507. The highest BCUT2D eigenvalue weighted by atomic mass is 16.5. The molecule has 0 aromatic carbocycles. The molecule has 11 heavy (non-hydrogen) atoms. The van der Waals surface area contributed by atoms with Crippen molar-refractivity contribution < 1.29 is 10.2 Å². The largest absolute Gasteiger partial charge is 0.368 e. The van der Waals surface area contributed by atoms with E-state index in [-0.39, 0.29) is 0 Å². The van der Waals surface area contributed by atoms with Crippen LogP contribution in [-0.2, 0) is 0 Å². The molecule has 0 bridgehead atoms. The number of hydrogen-bond acceptors (Lipinski definition) is 3. The molecule has 0 unspecified atom stereocenters. The zero-order chi connectivity index (χ0) is 8.69. The van der Waals surface area contributed by atoms with Gasteiger partial charge in [0, 0.05) is 0 Å². The highest BCUT2D eigenvalue weighted by Gasteiger charge is 1.96. The molecule has 0 aliphatic rings. The van der Waals surface area contributed by atoms with Gasteiger partial charge >= 0.3 is 0 Å². The zero-order valence-corrected chi connectivity index (χ0v) is 7.45. The summed E-state index contributed by atoms with van der Waals surface area (Å²) in [5.74, 6) is 0. The maximum atomic E-state index is 8.51. The molecular formula is C8H19NO2. The predicted octanol–water partition coefficient (Wildman–Crippen LogP) is 0.419. The molecule has 2 N–H and O–H groups in total. The molecule has 0 atom stereocenters. The Balaban J connectivity index is 2.91. The summed E-state index contributed by atoms with van der Waals surface area (Å²) in [6.45, 7) is 1.08. The summed E-state index contributed by atoms with van der Waals surface area (Å²) in [5, 5.41) is 17.0. The van der Waals surface area contributed by atoms with Gasteiger partial charge in [0.05, 0.1) is 0 Å². The van der Waals surface area contributed by atoms with Crippen molar-refractivity contribution in [2.75, 3.05) is 20.6 Å². The molecule has 68 valence electrons. The summed E-state index contributed by atoms with van der Waals surface area (Å²) < 4.78 is 0. The van der Waals surface area contributed by atoms with Gasteiger partial charge < -0.3 is 15.1 Å². The van der Waals surface area contributed by atoms with Crippen LogP contribution in [0.4, 0.5) is 0 Å². The van der Waals surface area contributed by atoms with E-state index in [2.05, 4.69) is 4.90 Å². The molecule has 3 nitrogen and oxygen atoms in total. The van der Waals surface area contributed by atoms with Crippen LogP contribution in [0.15, 0.2) is 0 Å². The molecule has 0 spiro atoms. The molecule has 0 aromatic heterocycles. The molecular weight excluding hydrogens is 142 g/mol. The SMILES string of the molecule is CN(C)CCCCCC(O)O. The molecule has 0 heterocycles. The first kappa shape index (κ1) is 10.9. The molecule has 0 saturated carbocycles. The minimum Gasteiger partial charge on any atom is -0.368 e. The number of aliphatic hydroxyl groups is 2. The fraction of sp³-hybridized carbons (Fsp3) is 1.00. The second-order valence-electron chi connectivity index (χ2n) is 3.13. The van der Waals surface area contributed by atoms with E-state index in [1.807, 2.05) is 14.1 Å². The summed E-state index contributed by atoms with van der Waals surface area (Å²) in [5.41, 5.74) is 0. The molecule has 0 rings (SSSR count). The molecule has 0 aromatic rings. The van der Waals surface area contributed by atoms with E-state index in [1.54, 1.807) is 0 Å². The van der Waals surface area contributed by atoms with Crippen molar-refractivity contribution >= 4 is 0 Å². The molecule has 0 saturated heterocycles. The van der Waals surface area contributed by atoms with Crippen molar-refractivity contribution in [1.29, 1.82) is 0 Å². The Morgan fingerprint density at radius 1 is 1.09 bits per heavy atom. The van der Waals surface area contributed by atoms with E-state index < -0.39 is 6.29 Å². The number of aliphatic hydroxyl groups excluding tert-OH is 1. The minimum atomic E-state index is -1.12. The van der Waals surface area contributed by atoms with E-state index in [4.69, 9.17) is 10.2 Å². The fourth-order valence-electron chi connectivity index (χ4n) is 0.932. The first-order valence-electron chi connectivity index (χ1n) is 4.14. The van der Waals surface area contributed by atoms with E-state index >= 15 is 0 Å². The Morgan fingerprint density at radius 2 is 1.73 bits per heavy atom. The van der Waals surface area contributed by atoms with Gasteiger partial charge in [0.1, 0.15) is 0 Å². The Labute approximate surface area is 68.6 Å². The molecule has 0 fully saturated rings. The summed E-state index contributed by atoms with van der Waals surface area (Å²) in [6, 6.07) is 0. The lowest BCUT2D eigenvalue weighted by Crippen LogP contribution is -2.13. The lowest BCUT2D eigenvalue weighted by molar-refractivity contribution is -0.0466. The smallest absolute Gasteiger partial charge is 0.151 e. The standard InChI is InChI=1S/C8H19NO2/c1-9(2)7-5-3-4-6-8(10)11/h8,10-11H,3-7H2,1-2H3. The third-order valence-electron chi connectivity index (χ3n) is 1.57. The predicted molar refractivity (Wildman–Crippen MR) is 45.2 cm³/mol. The van der Waals surface area contributed by atoms with E-state index in [9.17, 15) is 0 Å². The van der Waals surface area contributed by atoms with Gasteiger partial charge in [-0.05, 0) is 39.9 Å². The van der Waals surface area contributed by atoms with Gasteiger partial charge in [0.15, 0.2) is 6.29 Å². The van der Waals surface area contributed by atoms with Crippen molar-refractivity contribution in [3.8, 4) is 0 Å². The van der Waals surface area contributed by atoms with Gasteiger partial charge in [-0.2, -0.15) is 0 Å². The maximum absolute atomic E-state index is 8.51. The average molecular weight is 161 g/mol. The van der Waals surface area contributed by atoms with Crippen molar-refractivity contribution in [3.05, 3.63) is 0 Å². The summed E-state index contributed by atoms with van der Waals surface area (Å²) in [6.07, 6.45) is 2.52. The summed E-state index contributed by atoms with van der Waals surface area (Å²) in [7, 11) is 4.09. The Morgan fingerprint density at radius 3 is 2.18 bits per heavy atom. The van der Waals surface area contributed by atoms with Crippen LogP contribution in [0.1, 0.15) is 25.7 Å². The monoisotopic (exact) mass is 161 g/mol. The van der Waals surface area contributed by atoms with E-state index in [1.165, 1.54) is 0 Å². The lowest BCUT2D eigenvalue weighted by Gasteiger charge is -2.08. The van der Waals surface area contributed by atoms with Gasteiger partial charge in [0.2, 0.25) is 0 Å². The number of hydrogen-bond donors (Lipinski definition) is 2. The highest BCUT2D eigenvalue weighted by Crippen LogP contribution is 2.01. The molecule has 0 aliphatic carbocycles. The van der Waals surface area contributed by atoms with Crippen LogP contribution < -0.4 is 0 Å². The van der Waals surface area contributed by atoms with E-state index in [0.717, 1.165) is 25.8 Å². The van der Waals surface area contributed by atoms with E-state index in [0.29, 0.717) is 6.42 Å². The van der Waals surface area contributed by atoms with Crippen LogP contribution in [0.3, 0.4) is 0 Å². The number of nitrogens with zero attached hydrogens (tertiary/aromatic N) is 1. The van der Waals surface area contributed by atoms with Gasteiger partial charge in [0.25, 0.3) is 0 Å². The number of rotatable bonds is 6. The normalized spacial score (nSPS) is 11.5. The van der Waals surface area contributed by atoms with Crippen LogP contribution in [0, 0.1) is 0 Å². The summed E-state index contributed by atoms with van der Waals surface area (Å²) >= 11 is 0. The van der Waals surface area contributed by atoms with Crippen LogP contribution in [0.2, 0.25) is 0 Å². The quantitative estimate of drug-likeness (QED) is 0.438. The second-order valence-corrected chi connectivity index (χ2v) is 3.13. The highest BCUT2D eigenvalue weighted by molar-refractivity contribution is 4.47. The van der Waals surface area contributed by atoms with Gasteiger partial charge in [-0.25, -0.2) is 0 Å². The molecule has 3 heteroatoms. The summed E-state index contributed by atoms with van der Waals surface area (Å²) in [4.78, 5) is 2.13. The second kappa shape index (κ2) is 6.58. The molecule has 0 amide bonds. The van der Waals surface area contributed by atoms with Gasteiger partial charge in [-0.1, -0.05) is 6.42 Å². The first-order valence-corrected chi connectivity index (χ1v) is 4.14. The van der Waals surface area contributed by atoms with Crippen LogP contribution in [-0.4, -0.2) is 42.0 Å². The van der Waals surface area contributed by atoms with Crippen LogP contribution in [0.25, 0.3) is 0 Å². The molecule has 0 radical (unpaired) electrons. The van der Waals surface area contributed by atoms with Crippen molar-refractivity contribution in [3.63, 3.8) is 0 Å². The Hall–Kier alpha value is -0.120. The third kappa shape index (κ3) is 9.88. The van der Waals surface area contributed by atoms with Crippen molar-refractivity contribution in [1.82, 2.24) is 4.90 Å². The lowest BCUT2D eigenvalue weighted by atomic mass is 10.2. The average Bonchev–Trinajstić information content (AvgIpc) is 1.85. The Bertz CT molecular complexity index is 74.2. The Kier molecular flexibility index (Phi) is 6.51. The van der Waals surface area contributed by atoms with Gasteiger partial charge in [-0.15, -0.1) is 0 Å². The topological polar surface area (TPSA) is 43.7 Å². The van der Waals surface area contributed by atoms with Crippen molar-refractivity contribution in [2.45, 2.75) is 32.0 Å². The first-order chi connectivity index (χ1) is 5.13. The van der Waals surface area contributed by atoms with Crippen LogP contribution in [0.5, 0.6) is 0 Å². The molecule has 0 aliphatic heterocycles. The fourth-order valence-corrected chi connectivity index (χ4v) is 0.932.